The number of anilines is 1. The second-order valence-electron chi connectivity index (χ2n) is 5.43. The number of nitrogens with zero attached hydrogens (tertiary/aromatic N) is 2. The number of likely N-dealkylation sites (N-methyl/N-ethyl adjacent to an activating group) is 1. The fraction of sp³-hybridized carbons (Fsp3) is 0.533. The fourth-order valence-electron chi connectivity index (χ4n) is 2.93. The first-order chi connectivity index (χ1) is 9.54. The van der Waals surface area contributed by atoms with E-state index in [0.29, 0.717) is 6.04 Å². The van der Waals surface area contributed by atoms with Crippen LogP contribution in [0.1, 0.15) is 18.9 Å². The van der Waals surface area contributed by atoms with Gasteiger partial charge in [0.2, 0.25) is 0 Å². The molecule has 0 amide bonds. The summed E-state index contributed by atoms with van der Waals surface area (Å²) >= 11 is 1.65. The van der Waals surface area contributed by atoms with Gasteiger partial charge in [-0.3, -0.25) is 5.41 Å². The van der Waals surface area contributed by atoms with Gasteiger partial charge in [-0.05, 0) is 45.3 Å². The summed E-state index contributed by atoms with van der Waals surface area (Å²) in [5.74, 6) is 0.162. The maximum atomic E-state index is 7.93. The summed E-state index contributed by atoms with van der Waals surface area (Å²) < 4.78 is 0. The summed E-state index contributed by atoms with van der Waals surface area (Å²) in [4.78, 5) is 5.86. The molecule has 1 aromatic rings. The third kappa shape index (κ3) is 3.10. The van der Waals surface area contributed by atoms with Crippen LogP contribution >= 0.6 is 11.8 Å². The van der Waals surface area contributed by atoms with Gasteiger partial charge in [-0.2, -0.15) is 0 Å². The Bertz CT molecular complexity index is 489. The van der Waals surface area contributed by atoms with E-state index in [9.17, 15) is 0 Å². The number of hydrogen-bond donors (Lipinski definition) is 2. The van der Waals surface area contributed by atoms with Crippen LogP contribution in [0, 0.1) is 5.41 Å². The van der Waals surface area contributed by atoms with Gasteiger partial charge in [-0.25, -0.2) is 0 Å². The molecule has 3 N–H and O–H groups in total. The summed E-state index contributed by atoms with van der Waals surface area (Å²) in [6.07, 6.45) is 3.17. The van der Waals surface area contributed by atoms with E-state index in [1.165, 1.54) is 0 Å². The van der Waals surface area contributed by atoms with Crippen molar-refractivity contribution in [3.8, 4) is 0 Å². The maximum absolute atomic E-state index is 7.93. The Morgan fingerprint density at radius 2 is 2.15 bits per heavy atom. The van der Waals surface area contributed by atoms with Crippen LogP contribution in [-0.4, -0.2) is 49.7 Å². The number of amidine groups is 1. The first-order valence-corrected chi connectivity index (χ1v) is 8.23. The van der Waals surface area contributed by atoms with Crippen LogP contribution in [0.4, 0.5) is 5.69 Å². The summed E-state index contributed by atoms with van der Waals surface area (Å²) in [7, 11) is 2.17. The van der Waals surface area contributed by atoms with E-state index in [-0.39, 0.29) is 5.84 Å². The lowest BCUT2D eigenvalue weighted by Crippen LogP contribution is -2.39. The molecule has 0 saturated carbocycles. The van der Waals surface area contributed by atoms with Crippen LogP contribution in [-0.2, 0) is 0 Å². The van der Waals surface area contributed by atoms with Crippen molar-refractivity contribution in [1.29, 1.82) is 5.41 Å². The van der Waals surface area contributed by atoms with Crippen molar-refractivity contribution in [3.05, 3.63) is 23.8 Å². The number of nitrogens with one attached hydrogen (secondary N) is 1. The first kappa shape index (κ1) is 15.2. The second-order valence-corrected chi connectivity index (χ2v) is 6.27. The van der Waals surface area contributed by atoms with Gasteiger partial charge in [0.05, 0.1) is 5.56 Å². The monoisotopic (exact) mass is 292 g/mol. The molecule has 0 spiro atoms. The molecule has 4 nitrogen and oxygen atoms in total. The van der Waals surface area contributed by atoms with Crippen molar-refractivity contribution in [2.24, 2.45) is 5.73 Å². The van der Waals surface area contributed by atoms with Crippen molar-refractivity contribution >= 4 is 23.3 Å². The van der Waals surface area contributed by atoms with E-state index in [1.807, 2.05) is 12.3 Å². The topological polar surface area (TPSA) is 56.4 Å². The minimum absolute atomic E-state index is 0.162. The molecule has 5 heteroatoms. The van der Waals surface area contributed by atoms with E-state index in [0.717, 1.165) is 42.2 Å². The molecule has 110 valence electrons. The Kier molecular flexibility index (Phi) is 4.94. The van der Waals surface area contributed by atoms with Crippen molar-refractivity contribution in [2.45, 2.75) is 24.3 Å². The standard InChI is InChI=1S/C15H24N4S/c1-11-10-18(2)8-5-9-19(11)12-6-4-7-13(20-3)14(12)15(16)17/h4,6-7,11H,5,8-10H2,1-3H3,(H3,16,17). The van der Waals surface area contributed by atoms with Crippen LogP contribution in [0.15, 0.2) is 23.1 Å². The molecule has 0 aliphatic carbocycles. The molecule has 1 heterocycles. The van der Waals surface area contributed by atoms with E-state index in [1.54, 1.807) is 11.8 Å². The van der Waals surface area contributed by atoms with Crippen LogP contribution in [0.2, 0.25) is 0 Å². The van der Waals surface area contributed by atoms with Gasteiger partial charge in [0.15, 0.2) is 0 Å². The Morgan fingerprint density at radius 3 is 2.80 bits per heavy atom. The van der Waals surface area contributed by atoms with Gasteiger partial charge in [0.1, 0.15) is 5.84 Å². The van der Waals surface area contributed by atoms with Crippen molar-refractivity contribution in [3.63, 3.8) is 0 Å². The van der Waals surface area contributed by atoms with E-state index in [4.69, 9.17) is 11.1 Å². The highest BCUT2D eigenvalue weighted by Gasteiger charge is 2.23. The second kappa shape index (κ2) is 6.50. The molecule has 0 radical (unpaired) electrons. The lowest BCUT2D eigenvalue weighted by molar-refractivity contribution is 0.337. The first-order valence-electron chi connectivity index (χ1n) is 7.01. The Morgan fingerprint density at radius 1 is 1.40 bits per heavy atom. The Hall–Kier alpha value is -1.20. The van der Waals surface area contributed by atoms with Gasteiger partial charge >= 0.3 is 0 Å². The quantitative estimate of drug-likeness (QED) is 0.509. The molecule has 1 aromatic carbocycles. The molecule has 1 atom stereocenters. The molecule has 1 fully saturated rings. The van der Waals surface area contributed by atoms with Gasteiger partial charge in [-0.15, -0.1) is 11.8 Å². The maximum Gasteiger partial charge on any atom is 0.126 e. The number of thioether (sulfide) groups is 1. The molecule has 0 bridgehead atoms. The van der Waals surface area contributed by atoms with Gasteiger partial charge < -0.3 is 15.5 Å². The lowest BCUT2D eigenvalue weighted by atomic mass is 10.1. The largest absolute Gasteiger partial charge is 0.384 e. The third-order valence-corrected chi connectivity index (χ3v) is 4.63. The van der Waals surface area contributed by atoms with Crippen LogP contribution in [0.25, 0.3) is 0 Å². The molecule has 1 unspecified atom stereocenters. The van der Waals surface area contributed by atoms with Crippen molar-refractivity contribution in [1.82, 2.24) is 4.90 Å². The van der Waals surface area contributed by atoms with Gasteiger partial charge in [-0.1, -0.05) is 6.07 Å². The number of rotatable bonds is 3. The number of nitrogens with two attached hydrogens (primary N) is 1. The van der Waals surface area contributed by atoms with Crippen molar-refractivity contribution < 1.29 is 0 Å². The van der Waals surface area contributed by atoms with E-state index < -0.39 is 0 Å². The fourth-order valence-corrected chi connectivity index (χ4v) is 3.56. The number of benzene rings is 1. The van der Waals surface area contributed by atoms with E-state index >= 15 is 0 Å². The highest BCUT2D eigenvalue weighted by atomic mass is 32.2. The minimum atomic E-state index is 0.162. The highest BCUT2D eigenvalue weighted by Crippen LogP contribution is 2.31. The summed E-state index contributed by atoms with van der Waals surface area (Å²) in [5, 5.41) is 7.93. The van der Waals surface area contributed by atoms with E-state index in [2.05, 4.69) is 35.9 Å². The van der Waals surface area contributed by atoms with Gasteiger partial charge in [0, 0.05) is 29.7 Å². The SMILES string of the molecule is CSc1cccc(N2CCCN(C)CC2C)c1C(=N)N. The Balaban J connectivity index is 2.43. The van der Waals surface area contributed by atoms with Crippen LogP contribution in [0.5, 0.6) is 0 Å². The summed E-state index contributed by atoms with van der Waals surface area (Å²) in [6.45, 7) is 5.43. The minimum Gasteiger partial charge on any atom is -0.384 e. The zero-order valence-electron chi connectivity index (χ0n) is 12.5. The third-order valence-electron chi connectivity index (χ3n) is 3.85. The normalized spacial score (nSPS) is 20.8. The predicted molar refractivity (Wildman–Crippen MR) is 88.2 cm³/mol. The smallest absolute Gasteiger partial charge is 0.126 e. The molecule has 20 heavy (non-hydrogen) atoms. The van der Waals surface area contributed by atoms with Crippen LogP contribution in [0.3, 0.4) is 0 Å². The molecule has 0 aromatic heterocycles. The molecule has 2 rings (SSSR count). The zero-order valence-corrected chi connectivity index (χ0v) is 13.3. The molecule has 1 aliphatic heterocycles. The van der Waals surface area contributed by atoms with Crippen molar-refractivity contribution in [2.75, 3.05) is 37.8 Å². The molecular formula is C15H24N4S. The average molecular weight is 292 g/mol. The molecule has 1 aliphatic rings. The van der Waals surface area contributed by atoms with Crippen LogP contribution < -0.4 is 10.6 Å². The summed E-state index contributed by atoms with van der Waals surface area (Å²) in [6, 6.07) is 6.63. The highest BCUT2D eigenvalue weighted by molar-refractivity contribution is 7.98. The predicted octanol–water partition coefficient (Wildman–Crippen LogP) is 2.22. The number of hydrogen-bond acceptors (Lipinski definition) is 4. The Labute approximate surface area is 125 Å². The van der Waals surface area contributed by atoms with Gasteiger partial charge in [0.25, 0.3) is 0 Å². The molecule has 1 saturated heterocycles. The zero-order chi connectivity index (χ0) is 14.7. The summed E-state index contributed by atoms with van der Waals surface area (Å²) in [5.41, 5.74) is 7.83. The average Bonchev–Trinajstić information content (AvgIpc) is 2.58. The number of nitrogen functional groups attached to an aromatic ring is 1. The molecular weight excluding hydrogens is 268 g/mol. The lowest BCUT2D eigenvalue weighted by Gasteiger charge is -2.32.